The lowest BCUT2D eigenvalue weighted by atomic mass is 10.1. The van der Waals surface area contributed by atoms with Crippen molar-refractivity contribution in [3.05, 3.63) is 35.4 Å². The first-order chi connectivity index (χ1) is 8.83. The molecule has 0 saturated heterocycles. The largest absolute Gasteiger partial charge is 0.392 e. The zero-order valence-corrected chi connectivity index (χ0v) is 11.9. The van der Waals surface area contributed by atoms with E-state index in [1.165, 1.54) is 30.6 Å². The first-order valence-corrected chi connectivity index (χ1v) is 7.92. The fraction of sp³-hybridized carbons (Fsp3) is 0.600. The van der Waals surface area contributed by atoms with Gasteiger partial charge in [-0.3, -0.25) is 0 Å². The van der Waals surface area contributed by atoms with Crippen LogP contribution >= 0.6 is 11.8 Å². The third-order valence-electron chi connectivity index (χ3n) is 3.61. The van der Waals surface area contributed by atoms with Crippen molar-refractivity contribution in [1.82, 2.24) is 5.32 Å². The molecule has 2 nitrogen and oxygen atoms in total. The molecule has 0 heterocycles. The average molecular weight is 265 g/mol. The van der Waals surface area contributed by atoms with Gasteiger partial charge in [-0.2, -0.15) is 11.8 Å². The van der Waals surface area contributed by atoms with Crippen LogP contribution in [0.2, 0.25) is 0 Å². The number of thioether (sulfide) groups is 1. The highest BCUT2D eigenvalue weighted by Crippen LogP contribution is 2.30. The van der Waals surface area contributed by atoms with Gasteiger partial charge in [-0.25, -0.2) is 0 Å². The maximum Gasteiger partial charge on any atom is 0.0681 e. The minimum Gasteiger partial charge on any atom is -0.392 e. The Hall–Kier alpha value is -0.510. The quantitative estimate of drug-likeness (QED) is 0.829. The molecule has 1 aliphatic carbocycles. The summed E-state index contributed by atoms with van der Waals surface area (Å²) in [6, 6.07) is 8.89. The van der Waals surface area contributed by atoms with Crippen molar-refractivity contribution in [2.45, 2.75) is 50.6 Å². The summed E-state index contributed by atoms with van der Waals surface area (Å²) in [7, 11) is 0. The smallest absolute Gasteiger partial charge is 0.0681 e. The van der Waals surface area contributed by atoms with E-state index in [0.717, 1.165) is 17.4 Å². The third-order valence-corrected chi connectivity index (χ3v) is 4.93. The van der Waals surface area contributed by atoms with Gasteiger partial charge >= 0.3 is 0 Å². The number of hydrogen-bond donors (Lipinski definition) is 2. The fourth-order valence-electron chi connectivity index (χ4n) is 2.58. The van der Waals surface area contributed by atoms with Gasteiger partial charge in [-0.15, -0.1) is 0 Å². The molecule has 18 heavy (non-hydrogen) atoms. The van der Waals surface area contributed by atoms with E-state index in [1.807, 2.05) is 12.1 Å². The molecule has 1 aromatic carbocycles. The molecule has 2 rings (SSSR count). The Labute approximate surface area is 114 Å². The Morgan fingerprint density at radius 3 is 2.61 bits per heavy atom. The van der Waals surface area contributed by atoms with E-state index < -0.39 is 0 Å². The van der Waals surface area contributed by atoms with Gasteiger partial charge in [0.15, 0.2) is 0 Å². The zero-order chi connectivity index (χ0) is 12.8. The van der Waals surface area contributed by atoms with Crippen molar-refractivity contribution in [2.75, 3.05) is 5.75 Å². The highest BCUT2D eigenvalue weighted by molar-refractivity contribution is 7.99. The van der Waals surface area contributed by atoms with Gasteiger partial charge in [0.2, 0.25) is 0 Å². The van der Waals surface area contributed by atoms with Crippen LogP contribution in [0.3, 0.4) is 0 Å². The first kappa shape index (κ1) is 13.9. The van der Waals surface area contributed by atoms with Crippen LogP contribution < -0.4 is 5.32 Å². The molecular weight excluding hydrogens is 242 g/mol. The summed E-state index contributed by atoms with van der Waals surface area (Å²) in [5, 5.41) is 13.5. The van der Waals surface area contributed by atoms with Crippen molar-refractivity contribution in [3.63, 3.8) is 0 Å². The molecule has 100 valence electrons. The Bertz CT molecular complexity index is 352. The standard InChI is InChI=1S/C15H23NOS/c1-2-18-15-5-3-4-14(15)16-10-12-6-8-13(11-17)9-7-12/h6-9,14-17H,2-5,10-11H2,1H3/t14-,15+/m0/s1. The van der Waals surface area contributed by atoms with E-state index in [2.05, 4.69) is 36.1 Å². The molecule has 2 N–H and O–H groups in total. The van der Waals surface area contributed by atoms with Crippen molar-refractivity contribution < 1.29 is 5.11 Å². The highest BCUT2D eigenvalue weighted by atomic mass is 32.2. The summed E-state index contributed by atoms with van der Waals surface area (Å²) in [5.74, 6) is 1.22. The lowest BCUT2D eigenvalue weighted by molar-refractivity contribution is 0.282. The molecule has 1 aliphatic rings. The second kappa shape index (κ2) is 7.17. The molecule has 0 aromatic heterocycles. The number of aliphatic hydroxyl groups excluding tert-OH is 1. The molecule has 0 aliphatic heterocycles. The predicted octanol–water partition coefficient (Wildman–Crippen LogP) is 2.94. The summed E-state index contributed by atoms with van der Waals surface area (Å²) < 4.78 is 0. The van der Waals surface area contributed by atoms with E-state index in [1.54, 1.807) is 0 Å². The van der Waals surface area contributed by atoms with E-state index in [4.69, 9.17) is 5.11 Å². The molecule has 2 atom stereocenters. The molecule has 0 unspecified atom stereocenters. The van der Waals surface area contributed by atoms with E-state index in [9.17, 15) is 0 Å². The summed E-state index contributed by atoms with van der Waals surface area (Å²) in [6.45, 7) is 3.32. The van der Waals surface area contributed by atoms with Crippen LogP contribution in [0.5, 0.6) is 0 Å². The number of nitrogens with one attached hydrogen (secondary N) is 1. The van der Waals surface area contributed by atoms with Crippen LogP contribution in [0.15, 0.2) is 24.3 Å². The fourth-order valence-corrected chi connectivity index (χ4v) is 3.81. The molecule has 1 aromatic rings. The Morgan fingerprint density at radius 1 is 1.22 bits per heavy atom. The second-order valence-corrected chi connectivity index (χ2v) is 6.40. The maximum absolute atomic E-state index is 9.01. The van der Waals surface area contributed by atoms with Crippen LogP contribution in [-0.2, 0) is 13.2 Å². The SMILES string of the molecule is CCS[C@@H]1CCC[C@@H]1NCc1ccc(CO)cc1. The van der Waals surface area contributed by atoms with Gasteiger partial charge in [0.1, 0.15) is 0 Å². The highest BCUT2D eigenvalue weighted by Gasteiger charge is 2.26. The van der Waals surface area contributed by atoms with E-state index in [-0.39, 0.29) is 6.61 Å². The molecule has 0 spiro atoms. The molecule has 3 heteroatoms. The van der Waals surface area contributed by atoms with Crippen LogP contribution in [0.25, 0.3) is 0 Å². The molecular formula is C15H23NOS. The van der Waals surface area contributed by atoms with Crippen LogP contribution in [0.4, 0.5) is 0 Å². The maximum atomic E-state index is 9.01. The van der Waals surface area contributed by atoms with Gasteiger partial charge < -0.3 is 10.4 Å². The number of rotatable bonds is 6. The van der Waals surface area contributed by atoms with Crippen molar-refractivity contribution >= 4 is 11.8 Å². The Balaban J connectivity index is 1.82. The third kappa shape index (κ3) is 3.74. The predicted molar refractivity (Wildman–Crippen MR) is 78.8 cm³/mol. The van der Waals surface area contributed by atoms with E-state index in [0.29, 0.717) is 6.04 Å². The molecule has 1 fully saturated rings. The van der Waals surface area contributed by atoms with Crippen molar-refractivity contribution in [3.8, 4) is 0 Å². The van der Waals surface area contributed by atoms with Gasteiger partial charge in [0.05, 0.1) is 6.61 Å². The van der Waals surface area contributed by atoms with Gasteiger partial charge in [-0.05, 0) is 29.7 Å². The first-order valence-electron chi connectivity index (χ1n) is 6.87. The zero-order valence-electron chi connectivity index (χ0n) is 11.1. The summed E-state index contributed by atoms with van der Waals surface area (Å²) in [5.41, 5.74) is 2.29. The normalized spacial score (nSPS) is 23.4. The van der Waals surface area contributed by atoms with Crippen LogP contribution in [-0.4, -0.2) is 22.2 Å². The molecule has 0 bridgehead atoms. The summed E-state index contributed by atoms with van der Waals surface area (Å²) >= 11 is 2.09. The second-order valence-electron chi connectivity index (χ2n) is 4.89. The van der Waals surface area contributed by atoms with Crippen molar-refractivity contribution in [1.29, 1.82) is 0 Å². The lowest BCUT2D eigenvalue weighted by Gasteiger charge is -2.20. The monoisotopic (exact) mass is 265 g/mol. The molecule has 0 radical (unpaired) electrons. The average Bonchev–Trinajstić information content (AvgIpc) is 2.85. The lowest BCUT2D eigenvalue weighted by Crippen LogP contribution is -2.33. The summed E-state index contributed by atoms with van der Waals surface area (Å²) in [4.78, 5) is 0. The van der Waals surface area contributed by atoms with Gasteiger partial charge in [0.25, 0.3) is 0 Å². The Morgan fingerprint density at radius 2 is 1.94 bits per heavy atom. The summed E-state index contributed by atoms with van der Waals surface area (Å²) in [6.07, 6.45) is 4.03. The van der Waals surface area contributed by atoms with Crippen LogP contribution in [0.1, 0.15) is 37.3 Å². The van der Waals surface area contributed by atoms with Crippen molar-refractivity contribution in [2.24, 2.45) is 0 Å². The minimum atomic E-state index is 0.131. The molecule has 0 amide bonds. The van der Waals surface area contributed by atoms with Gasteiger partial charge in [-0.1, -0.05) is 37.6 Å². The number of benzene rings is 1. The number of hydrogen-bond acceptors (Lipinski definition) is 3. The molecule has 1 saturated carbocycles. The Kier molecular flexibility index (Phi) is 5.54. The minimum absolute atomic E-state index is 0.131. The number of aliphatic hydroxyl groups is 1. The van der Waals surface area contributed by atoms with Crippen LogP contribution in [0, 0.1) is 0 Å². The van der Waals surface area contributed by atoms with Gasteiger partial charge in [0, 0.05) is 17.8 Å². The topological polar surface area (TPSA) is 32.3 Å². The van der Waals surface area contributed by atoms with E-state index >= 15 is 0 Å².